The van der Waals surface area contributed by atoms with Crippen LogP contribution in [0.3, 0.4) is 0 Å². The fourth-order valence-electron chi connectivity index (χ4n) is 7.27. The number of amides is 1. The number of hydrogen-bond acceptors (Lipinski definition) is 9. The number of methoxy groups -OCH3 is 2. The molecule has 1 amide bonds. The zero-order valence-corrected chi connectivity index (χ0v) is 45.2. The van der Waals surface area contributed by atoms with Crippen molar-refractivity contribution in [2.24, 2.45) is 0 Å². The highest BCUT2D eigenvalue weighted by Gasteiger charge is 2.24. The van der Waals surface area contributed by atoms with Gasteiger partial charge in [0.05, 0.1) is 45.4 Å². The Kier molecular flexibility index (Phi) is 23.3. The van der Waals surface area contributed by atoms with Crippen molar-refractivity contribution in [2.45, 2.75) is 65.5 Å². The molecule has 6 aromatic carbocycles. The molecular formula is C54H53Cl5N4O6S2. The van der Waals surface area contributed by atoms with Crippen molar-refractivity contribution < 1.29 is 28.7 Å². The lowest BCUT2D eigenvalue weighted by Crippen LogP contribution is -2.43. The van der Waals surface area contributed by atoms with Gasteiger partial charge in [0.2, 0.25) is 0 Å². The molecule has 0 saturated heterocycles. The van der Waals surface area contributed by atoms with Crippen LogP contribution >= 0.6 is 82.4 Å². The zero-order chi connectivity index (χ0) is 52.4. The van der Waals surface area contributed by atoms with E-state index in [0.29, 0.717) is 34.2 Å². The molecule has 0 aromatic heterocycles. The molecule has 10 nitrogen and oxygen atoms in total. The van der Waals surface area contributed by atoms with E-state index in [1.54, 1.807) is 48.5 Å². The molecule has 0 aliphatic carbocycles. The van der Waals surface area contributed by atoms with Crippen molar-refractivity contribution in [1.29, 1.82) is 0 Å². The van der Waals surface area contributed by atoms with E-state index >= 15 is 0 Å². The highest BCUT2D eigenvalue weighted by molar-refractivity contribution is 7.81. The van der Waals surface area contributed by atoms with Gasteiger partial charge in [-0.25, -0.2) is 9.59 Å². The standard InChI is InChI=1S/C27H26Cl2N2O3S.C20H24N2O2S.C7H3Cl3O/c1-4-18-8-5-7-16(2)23(18)26(35)31-22(27(33)34-3)15-17-11-13-19(14-12-17)30-25(32)24-20(28)9-6-10-21(24)29;1-4-15-7-5-6-13(2)18(15)19(25)22-17(20(23)24-3)12-14-8-10-16(21)11-9-14;8-4-2-1-3-5(9)6(4)7(10)11/h5-14,22H,4,15H2,1-3H3,(H,30,32)(H,31,35);5-11,17H,4,12,21H2,1-3H3,(H,22,25);1-3H. The normalized spacial score (nSPS) is 11.3. The first kappa shape index (κ1) is 58.0. The third-order valence-corrected chi connectivity index (χ3v) is 13.0. The molecule has 0 saturated carbocycles. The van der Waals surface area contributed by atoms with Crippen molar-refractivity contribution in [2.75, 3.05) is 25.3 Å². The van der Waals surface area contributed by atoms with E-state index < -0.39 is 29.2 Å². The number of nitrogens with two attached hydrogens (primary N) is 1. The van der Waals surface area contributed by atoms with Gasteiger partial charge in [-0.15, -0.1) is 0 Å². The monoisotopic (exact) mass is 1090 g/mol. The number of rotatable bonds is 15. The van der Waals surface area contributed by atoms with Gasteiger partial charge in [0.25, 0.3) is 11.1 Å². The SMILES string of the molecule is CCc1cccc(C)c1C(=S)NC(Cc1ccc(N)cc1)C(=O)OC.CCc1cccc(C)c1C(=S)NC(Cc1ccc(NC(=O)c2c(Cl)cccc2Cl)cc1)C(=O)OC.O=C(Cl)c1c(Cl)cccc1Cl. The van der Waals surface area contributed by atoms with Crippen LogP contribution in [0.1, 0.15) is 79.1 Å². The predicted octanol–water partition coefficient (Wildman–Crippen LogP) is 12.7. The van der Waals surface area contributed by atoms with Crippen LogP contribution < -0.4 is 21.7 Å². The Morgan fingerprint density at radius 3 is 1.27 bits per heavy atom. The summed E-state index contributed by atoms with van der Waals surface area (Å²) >= 11 is 40.0. The minimum Gasteiger partial charge on any atom is -0.467 e. The van der Waals surface area contributed by atoms with Crippen LogP contribution in [-0.2, 0) is 44.7 Å². The molecule has 0 radical (unpaired) electrons. The molecule has 0 fully saturated rings. The van der Waals surface area contributed by atoms with Gasteiger partial charge in [-0.3, -0.25) is 9.59 Å². The van der Waals surface area contributed by atoms with Crippen LogP contribution in [0.15, 0.2) is 121 Å². The van der Waals surface area contributed by atoms with Gasteiger partial charge in [0, 0.05) is 35.3 Å². The molecule has 5 N–H and O–H groups in total. The van der Waals surface area contributed by atoms with Gasteiger partial charge < -0.3 is 31.2 Å². The van der Waals surface area contributed by atoms with Gasteiger partial charge in [0.1, 0.15) is 22.1 Å². The van der Waals surface area contributed by atoms with Gasteiger partial charge >= 0.3 is 11.9 Å². The third-order valence-electron chi connectivity index (χ3n) is 10.9. The number of aryl methyl sites for hydroxylation is 4. The number of anilines is 2. The molecule has 71 heavy (non-hydrogen) atoms. The number of ether oxygens (including phenoxy) is 2. The van der Waals surface area contributed by atoms with Crippen LogP contribution in [0.25, 0.3) is 0 Å². The predicted molar refractivity (Wildman–Crippen MR) is 298 cm³/mol. The molecule has 17 heteroatoms. The summed E-state index contributed by atoms with van der Waals surface area (Å²) in [6.45, 7) is 8.18. The maximum Gasteiger partial charge on any atom is 0.328 e. The summed E-state index contributed by atoms with van der Waals surface area (Å²) in [6, 6.07) is 35.2. The Hall–Kier alpha value is -5.57. The van der Waals surface area contributed by atoms with Gasteiger partial charge in [-0.2, -0.15) is 0 Å². The first-order chi connectivity index (χ1) is 33.8. The van der Waals surface area contributed by atoms with Crippen molar-refractivity contribution in [1.82, 2.24) is 10.6 Å². The second kappa shape index (κ2) is 28.5. The second-order valence-electron chi connectivity index (χ2n) is 15.8. The summed E-state index contributed by atoms with van der Waals surface area (Å²) < 4.78 is 9.96. The lowest BCUT2D eigenvalue weighted by Gasteiger charge is -2.21. The summed E-state index contributed by atoms with van der Waals surface area (Å²) in [5.41, 5.74) is 15.6. The Bertz CT molecular complexity index is 2830. The van der Waals surface area contributed by atoms with E-state index in [2.05, 4.69) is 35.9 Å². The molecule has 2 unspecified atom stereocenters. The average molecular weight is 1100 g/mol. The maximum absolute atomic E-state index is 12.6. The number of nitrogen functional groups attached to an aromatic ring is 1. The molecule has 372 valence electrons. The lowest BCUT2D eigenvalue weighted by molar-refractivity contribution is -0.143. The first-order valence-corrected chi connectivity index (χ1v) is 24.8. The molecule has 6 rings (SSSR count). The molecule has 0 heterocycles. The number of thiocarbonyl (C=S) groups is 2. The van der Waals surface area contributed by atoms with Gasteiger partial charge in [-0.1, -0.05) is 157 Å². The van der Waals surface area contributed by atoms with E-state index in [0.717, 1.165) is 57.3 Å². The Morgan fingerprint density at radius 2 is 0.915 bits per heavy atom. The quantitative estimate of drug-likeness (QED) is 0.0337. The summed E-state index contributed by atoms with van der Waals surface area (Å²) in [4.78, 5) is 49.1. The number of carbonyl (C=O) groups is 4. The number of nitrogens with one attached hydrogen (secondary N) is 3. The van der Waals surface area contributed by atoms with Crippen molar-refractivity contribution >= 4 is 127 Å². The zero-order valence-electron chi connectivity index (χ0n) is 39.8. The molecule has 0 spiro atoms. The summed E-state index contributed by atoms with van der Waals surface area (Å²) in [6.07, 6.45) is 2.53. The summed E-state index contributed by atoms with van der Waals surface area (Å²) in [7, 11) is 2.73. The fourth-order valence-corrected chi connectivity index (χ4v) is 9.58. The lowest BCUT2D eigenvalue weighted by atomic mass is 9.99. The maximum atomic E-state index is 12.6. The van der Waals surface area contributed by atoms with E-state index in [4.69, 9.17) is 97.6 Å². The molecule has 0 aliphatic heterocycles. The Labute approximate surface area is 450 Å². The number of esters is 2. The first-order valence-electron chi connectivity index (χ1n) is 22.1. The van der Waals surface area contributed by atoms with Crippen LogP contribution in [0.5, 0.6) is 0 Å². The minimum absolute atomic E-state index is 0.164. The average Bonchev–Trinajstić information content (AvgIpc) is 3.34. The van der Waals surface area contributed by atoms with Crippen molar-refractivity contribution in [3.63, 3.8) is 0 Å². The summed E-state index contributed by atoms with van der Waals surface area (Å²) in [5, 5.41) is 9.62. The van der Waals surface area contributed by atoms with E-state index in [9.17, 15) is 19.2 Å². The smallest absolute Gasteiger partial charge is 0.328 e. The van der Waals surface area contributed by atoms with E-state index in [1.807, 2.05) is 80.6 Å². The van der Waals surface area contributed by atoms with Crippen LogP contribution in [0.2, 0.25) is 20.1 Å². The van der Waals surface area contributed by atoms with Crippen LogP contribution in [0.4, 0.5) is 11.4 Å². The fraction of sp³-hybridized carbons (Fsp3) is 0.222. The number of carbonyl (C=O) groups excluding carboxylic acids is 4. The van der Waals surface area contributed by atoms with Crippen LogP contribution in [-0.4, -0.2) is 59.4 Å². The molecule has 6 aromatic rings. The number of hydrogen-bond donors (Lipinski definition) is 4. The largest absolute Gasteiger partial charge is 0.467 e. The van der Waals surface area contributed by atoms with Crippen LogP contribution in [0, 0.1) is 13.8 Å². The Morgan fingerprint density at radius 1 is 0.549 bits per heavy atom. The van der Waals surface area contributed by atoms with Crippen molar-refractivity contribution in [3.05, 3.63) is 197 Å². The molecular weight excluding hydrogens is 1040 g/mol. The molecule has 0 bridgehead atoms. The van der Waals surface area contributed by atoms with Gasteiger partial charge in [0.15, 0.2) is 0 Å². The topological polar surface area (TPSA) is 149 Å². The highest BCUT2D eigenvalue weighted by Crippen LogP contribution is 2.27. The second-order valence-corrected chi connectivity index (χ2v) is 18.6. The molecule has 0 aliphatic rings. The minimum atomic E-state index is -0.667. The van der Waals surface area contributed by atoms with E-state index in [-0.39, 0.29) is 37.2 Å². The summed E-state index contributed by atoms with van der Waals surface area (Å²) in [5.74, 6) is -1.16. The van der Waals surface area contributed by atoms with Crippen molar-refractivity contribution in [3.8, 4) is 0 Å². The van der Waals surface area contributed by atoms with E-state index in [1.165, 1.54) is 14.2 Å². The number of halogens is 5. The highest BCUT2D eigenvalue weighted by atomic mass is 35.5. The third kappa shape index (κ3) is 16.8. The molecule has 2 atom stereocenters. The van der Waals surface area contributed by atoms with Gasteiger partial charge in [-0.05, 0) is 120 Å². The Balaban J connectivity index is 0.000000263. The number of benzene rings is 6.